The van der Waals surface area contributed by atoms with Crippen molar-refractivity contribution in [3.8, 4) is 0 Å². The first-order chi connectivity index (χ1) is 15.1. The minimum atomic E-state index is -0.712. The number of anilines is 1. The quantitative estimate of drug-likeness (QED) is 0.426. The third-order valence-electron chi connectivity index (χ3n) is 4.31. The first-order valence-corrected chi connectivity index (χ1v) is 10.1. The van der Waals surface area contributed by atoms with Crippen LogP contribution in [0.5, 0.6) is 0 Å². The summed E-state index contributed by atoms with van der Waals surface area (Å²) in [6, 6.07) is 4.15. The maximum Gasteiger partial charge on any atom is 0.338 e. The molecule has 0 bridgehead atoms. The fourth-order valence-electron chi connectivity index (χ4n) is 2.99. The van der Waals surface area contributed by atoms with Gasteiger partial charge in [0.05, 0.1) is 49.2 Å². The molecule has 1 aliphatic heterocycles. The lowest BCUT2D eigenvalue weighted by molar-refractivity contribution is -0.136. The average molecular weight is 448 g/mol. The molecule has 10 heteroatoms. The molecule has 0 atom stereocenters. The topological polar surface area (TPSA) is 131 Å². The van der Waals surface area contributed by atoms with Gasteiger partial charge in [0.15, 0.2) is 0 Å². The Kier molecular flexibility index (Phi) is 8.36. The summed E-state index contributed by atoms with van der Waals surface area (Å²) in [7, 11) is 1.19. The minimum Gasteiger partial charge on any atom is -0.466 e. The van der Waals surface area contributed by atoms with Crippen LogP contribution in [0.1, 0.15) is 48.4 Å². The second kappa shape index (κ2) is 10.8. The van der Waals surface area contributed by atoms with Crippen molar-refractivity contribution in [1.29, 1.82) is 0 Å². The number of carbonyl (C=O) groups excluding carboxylic acids is 4. The molecule has 0 aromatic heterocycles. The van der Waals surface area contributed by atoms with Gasteiger partial charge in [-0.25, -0.2) is 14.4 Å². The van der Waals surface area contributed by atoms with Crippen LogP contribution in [0.3, 0.4) is 0 Å². The predicted molar refractivity (Wildman–Crippen MR) is 114 cm³/mol. The van der Waals surface area contributed by atoms with Crippen LogP contribution >= 0.6 is 0 Å². The van der Waals surface area contributed by atoms with Gasteiger partial charge < -0.3 is 29.5 Å². The van der Waals surface area contributed by atoms with Gasteiger partial charge in [-0.1, -0.05) is 0 Å². The molecule has 10 nitrogen and oxygen atoms in total. The molecule has 0 saturated heterocycles. The lowest BCUT2D eigenvalue weighted by Gasteiger charge is -2.16. The minimum absolute atomic E-state index is 0.0250. The number of amides is 1. The van der Waals surface area contributed by atoms with Gasteiger partial charge in [0.25, 0.3) is 5.91 Å². The molecular formula is C22H28N2O8. The number of benzene rings is 1. The van der Waals surface area contributed by atoms with Crippen molar-refractivity contribution < 1.29 is 38.5 Å². The Morgan fingerprint density at radius 3 is 1.97 bits per heavy atom. The van der Waals surface area contributed by atoms with E-state index in [4.69, 9.17) is 14.2 Å². The summed E-state index contributed by atoms with van der Waals surface area (Å²) in [5.74, 6) is -2.56. The molecule has 1 amide bonds. The summed E-state index contributed by atoms with van der Waals surface area (Å²) in [6.45, 7) is 6.45. The number of ether oxygens (including phenoxy) is 3. The first-order valence-electron chi connectivity index (χ1n) is 10.1. The van der Waals surface area contributed by atoms with Gasteiger partial charge in [-0.3, -0.25) is 4.79 Å². The van der Waals surface area contributed by atoms with Crippen LogP contribution in [-0.4, -0.2) is 72.8 Å². The van der Waals surface area contributed by atoms with E-state index in [-0.39, 0.29) is 60.0 Å². The van der Waals surface area contributed by atoms with Crippen molar-refractivity contribution in [2.45, 2.75) is 39.9 Å². The van der Waals surface area contributed by atoms with Crippen LogP contribution in [0.2, 0.25) is 0 Å². The van der Waals surface area contributed by atoms with E-state index in [9.17, 15) is 24.3 Å². The number of aliphatic hydroxyl groups is 1. The molecule has 1 heterocycles. The van der Waals surface area contributed by atoms with Crippen molar-refractivity contribution >= 4 is 29.5 Å². The molecule has 1 aromatic carbocycles. The molecule has 2 N–H and O–H groups in total. The zero-order valence-electron chi connectivity index (χ0n) is 18.8. The first kappa shape index (κ1) is 24.9. The molecule has 174 valence electrons. The van der Waals surface area contributed by atoms with Gasteiger partial charge in [-0.05, 0) is 45.9 Å². The van der Waals surface area contributed by atoms with Crippen LogP contribution in [0.25, 0.3) is 0 Å². The Morgan fingerprint density at radius 2 is 1.53 bits per heavy atom. The van der Waals surface area contributed by atoms with E-state index in [0.29, 0.717) is 0 Å². The molecule has 32 heavy (non-hydrogen) atoms. The largest absolute Gasteiger partial charge is 0.466 e. The van der Waals surface area contributed by atoms with Crippen LogP contribution < -0.4 is 5.32 Å². The molecule has 0 aliphatic carbocycles. The van der Waals surface area contributed by atoms with Crippen LogP contribution in [0, 0.1) is 0 Å². The molecule has 0 saturated carbocycles. The third kappa shape index (κ3) is 6.07. The zero-order valence-corrected chi connectivity index (χ0v) is 18.8. The highest BCUT2D eigenvalue weighted by molar-refractivity contribution is 6.09. The summed E-state index contributed by atoms with van der Waals surface area (Å²) < 4.78 is 15.2. The lowest BCUT2D eigenvalue weighted by atomic mass is 10.1. The van der Waals surface area contributed by atoms with Crippen molar-refractivity contribution in [3.63, 3.8) is 0 Å². The fraction of sp³-hybridized carbons (Fsp3) is 0.455. The summed E-state index contributed by atoms with van der Waals surface area (Å²) in [5, 5.41) is 12.0. The normalized spacial score (nSPS) is 13.6. The Hall–Kier alpha value is -3.40. The van der Waals surface area contributed by atoms with Crippen LogP contribution in [0.4, 0.5) is 5.69 Å². The van der Waals surface area contributed by atoms with E-state index in [0.717, 1.165) is 0 Å². The summed E-state index contributed by atoms with van der Waals surface area (Å²) in [4.78, 5) is 51.2. The molecule has 2 rings (SSSR count). The number of hydrogen-bond acceptors (Lipinski definition) is 9. The molecule has 0 unspecified atom stereocenters. The smallest absolute Gasteiger partial charge is 0.338 e. The highest BCUT2D eigenvalue weighted by atomic mass is 16.5. The fourth-order valence-corrected chi connectivity index (χ4v) is 2.99. The SMILES string of the molecule is COC(=O)C1=C(Nc2cc(C(=O)OC(C)C)cc(C(=O)OC(C)C)c2)C(=O)N(CCO)C1. The molecular weight excluding hydrogens is 420 g/mol. The van der Waals surface area contributed by atoms with Gasteiger partial charge in [0.2, 0.25) is 0 Å². The average Bonchev–Trinajstić information content (AvgIpc) is 3.02. The molecule has 1 aliphatic rings. The van der Waals surface area contributed by atoms with Gasteiger partial charge in [0.1, 0.15) is 5.70 Å². The van der Waals surface area contributed by atoms with Crippen molar-refractivity contribution in [2.24, 2.45) is 0 Å². The lowest BCUT2D eigenvalue weighted by Crippen LogP contribution is -2.31. The zero-order chi connectivity index (χ0) is 24.0. The Bertz CT molecular complexity index is 896. The van der Waals surface area contributed by atoms with E-state index in [1.807, 2.05) is 0 Å². The van der Waals surface area contributed by atoms with Crippen LogP contribution in [-0.2, 0) is 23.8 Å². The number of nitrogens with zero attached hydrogens (tertiary/aromatic N) is 1. The molecule has 0 fully saturated rings. The Labute approximate surface area is 186 Å². The summed E-state index contributed by atoms with van der Waals surface area (Å²) in [5.41, 5.74) is 0.333. The summed E-state index contributed by atoms with van der Waals surface area (Å²) >= 11 is 0. The van der Waals surface area contributed by atoms with Crippen molar-refractivity contribution in [2.75, 3.05) is 32.1 Å². The third-order valence-corrected chi connectivity index (χ3v) is 4.31. The Balaban J connectivity index is 2.49. The van der Waals surface area contributed by atoms with E-state index in [2.05, 4.69) is 5.32 Å². The number of esters is 3. The highest BCUT2D eigenvalue weighted by Gasteiger charge is 2.34. The molecule has 0 spiro atoms. The van der Waals surface area contributed by atoms with E-state index in [1.54, 1.807) is 27.7 Å². The van der Waals surface area contributed by atoms with Gasteiger partial charge >= 0.3 is 17.9 Å². The molecule has 1 aromatic rings. The second-order valence-corrected chi connectivity index (χ2v) is 7.63. The number of rotatable bonds is 9. The Morgan fingerprint density at radius 1 is 1.00 bits per heavy atom. The maximum absolute atomic E-state index is 12.8. The maximum atomic E-state index is 12.8. The number of aliphatic hydroxyl groups excluding tert-OH is 1. The second-order valence-electron chi connectivity index (χ2n) is 7.63. The van der Waals surface area contributed by atoms with Crippen molar-refractivity contribution in [3.05, 3.63) is 40.6 Å². The van der Waals surface area contributed by atoms with Crippen molar-refractivity contribution in [1.82, 2.24) is 4.90 Å². The van der Waals surface area contributed by atoms with Gasteiger partial charge in [-0.2, -0.15) is 0 Å². The number of nitrogens with one attached hydrogen (secondary N) is 1. The van der Waals surface area contributed by atoms with E-state index in [1.165, 1.54) is 30.2 Å². The highest BCUT2D eigenvalue weighted by Crippen LogP contribution is 2.25. The van der Waals surface area contributed by atoms with Gasteiger partial charge in [0, 0.05) is 12.2 Å². The molecule has 0 radical (unpaired) electrons. The standard InChI is InChI=1S/C22H28N2O8/c1-12(2)31-20(27)14-8-15(21(28)32-13(3)4)10-16(9-14)23-18-17(22(29)30-5)11-24(6-7-25)19(18)26/h8-10,12-13,23,25H,6-7,11H2,1-5H3. The predicted octanol–water partition coefficient (Wildman–Crippen LogP) is 1.49. The number of carbonyl (C=O) groups is 4. The summed E-state index contributed by atoms with van der Waals surface area (Å²) in [6.07, 6.45) is -0.774. The van der Waals surface area contributed by atoms with E-state index < -0.39 is 23.8 Å². The van der Waals surface area contributed by atoms with E-state index >= 15 is 0 Å². The number of hydrogen-bond donors (Lipinski definition) is 2. The van der Waals surface area contributed by atoms with Gasteiger partial charge in [-0.15, -0.1) is 0 Å². The number of methoxy groups -OCH3 is 1. The number of β-amino-alcohol motifs (C(OH)–C–C–N with tert-alkyl or cyclic N) is 1. The monoisotopic (exact) mass is 448 g/mol. The van der Waals surface area contributed by atoms with Crippen LogP contribution in [0.15, 0.2) is 29.5 Å².